The number of rotatable bonds is 4. The number of methoxy groups -OCH3 is 1. The van der Waals surface area contributed by atoms with E-state index in [4.69, 9.17) is 15.6 Å². The van der Waals surface area contributed by atoms with Crippen molar-refractivity contribution in [1.29, 1.82) is 0 Å². The Labute approximate surface area is 89.3 Å². The van der Waals surface area contributed by atoms with E-state index >= 15 is 0 Å². The van der Waals surface area contributed by atoms with Crippen molar-refractivity contribution >= 4 is 0 Å². The largest absolute Gasteiger partial charge is 0.507 e. The fourth-order valence-electron chi connectivity index (χ4n) is 1.55. The standard InChI is InChI=1S/C11H17NO3/c1-7-3-4-8(6-15-2)10(11(7)14)9(12)5-13/h3-4,9,13-14H,5-6,12H2,1-2H3. The summed E-state index contributed by atoms with van der Waals surface area (Å²) in [5.74, 6) is 0.145. The van der Waals surface area contributed by atoms with E-state index in [0.29, 0.717) is 12.2 Å². The van der Waals surface area contributed by atoms with Crippen molar-refractivity contribution in [3.05, 3.63) is 28.8 Å². The van der Waals surface area contributed by atoms with Crippen LogP contribution in [0.2, 0.25) is 0 Å². The summed E-state index contributed by atoms with van der Waals surface area (Å²) < 4.78 is 5.01. The van der Waals surface area contributed by atoms with Gasteiger partial charge in [0.25, 0.3) is 0 Å². The van der Waals surface area contributed by atoms with Gasteiger partial charge in [-0.15, -0.1) is 0 Å². The molecule has 0 aliphatic rings. The van der Waals surface area contributed by atoms with Crippen LogP contribution in [0.4, 0.5) is 0 Å². The number of benzene rings is 1. The Balaban J connectivity index is 3.21. The predicted octanol–water partition coefficient (Wildman–Crippen LogP) is 0.839. The first-order chi connectivity index (χ1) is 7.11. The van der Waals surface area contributed by atoms with Crippen molar-refractivity contribution in [2.24, 2.45) is 5.73 Å². The lowest BCUT2D eigenvalue weighted by Gasteiger charge is -2.17. The molecule has 0 aromatic heterocycles. The van der Waals surface area contributed by atoms with E-state index in [1.54, 1.807) is 20.1 Å². The lowest BCUT2D eigenvalue weighted by Crippen LogP contribution is -2.17. The van der Waals surface area contributed by atoms with E-state index in [1.165, 1.54) is 0 Å². The molecular formula is C11H17NO3. The number of hydrogen-bond donors (Lipinski definition) is 3. The maximum atomic E-state index is 9.86. The maximum absolute atomic E-state index is 9.86. The summed E-state index contributed by atoms with van der Waals surface area (Å²) in [5, 5.41) is 18.9. The van der Waals surface area contributed by atoms with Gasteiger partial charge in [0.15, 0.2) is 0 Å². The number of phenolic OH excluding ortho intramolecular Hbond substituents is 1. The second-order valence-corrected chi connectivity index (χ2v) is 3.53. The summed E-state index contributed by atoms with van der Waals surface area (Å²) >= 11 is 0. The van der Waals surface area contributed by atoms with E-state index in [2.05, 4.69) is 0 Å². The third-order valence-electron chi connectivity index (χ3n) is 2.38. The van der Waals surface area contributed by atoms with Gasteiger partial charge in [0.05, 0.1) is 19.3 Å². The molecule has 0 bridgehead atoms. The molecule has 1 rings (SSSR count). The lowest BCUT2D eigenvalue weighted by atomic mass is 9.97. The highest BCUT2D eigenvalue weighted by Gasteiger charge is 2.16. The first-order valence-corrected chi connectivity index (χ1v) is 4.78. The van der Waals surface area contributed by atoms with Gasteiger partial charge in [0.2, 0.25) is 0 Å². The Hall–Kier alpha value is -1.10. The highest BCUT2D eigenvalue weighted by Crippen LogP contribution is 2.30. The zero-order valence-electron chi connectivity index (χ0n) is 9.03. The van der Waals surface area contributed by atoms with Gasteiger partial charge < -0.3 is 20.7 Å². The topological polar surface area (TPSA) is 75.7 Å². The zero-order chi connectivity index (χ0) is 11.4. The maximum Gasteiger partial charge on any atom is 0.123 e. The summed E-state index contributed by atoms with van der Waals surface area (Å²) in [4.78, 5) is 0. The molecule has 1 aromatic carbocycles. The van der Waals surface area contributed by atoms with Crippen LogP contribution in [0.25, 0.3) is 0 Å². The molecule has 0 amide bonds. The molecule has 0 radical (unpaired) electrons. The number of aryl methyl sites for hydroxylation is 1. The average Bonchev–Trinajstić information content (AvgIpc) is 2.23. The van der Waals surface area contributed by atoms with E-state index in [9.17, 15) is 5.11 Å². The second kappa shape index (κ2) is 5.11. The van der Waals surface area contributed by atoms with Crippen LogP contribution in [0.1, 0.15) is 22.7 Å². The number of aliphatic hydroxyl groups excluding tert-OH is 1. The third kappa shape index (κ3) is 2.47. The van der Waals surface area contributed by atoms with Gasteiger partial charge in [-0.25, -0.2) is 0 Å². The molecule has 4 N–H and O–H groups in total. The number of nitrogens with two attached hydrogens (primary N) is 1. The van der Waals surface area contributed by atoms with Crippen molar-refractivity contribution in [2.45, 2.75) is 19.6 Å². The smallest absolute Gasteiger partial charge is 0.123 e. The first kappa shape index (κ1) is 12.0. The quantitative estimate of drug-likeness (QED) is 0.689. The van der Waals surface area contributed by atoms with Crippen molar-refractivity contribution in [2.75, 3.05) is 13.7 Å². The molecule has 0 aliphatic heterocycles. The fourth-order valence-corrected chi connectivity index (χ4v) is 1.55. The van der Waals surface area contributed by atoms with Gasteiger partial charge in [-0.3, -0.25) is 0 Å². The summed E-state index contributed by atoms with van der Waals surface area (Å²) in [6.07, 6.45) is 0. The van der Waals surface area contributed by atoms with E-state index in [1.807, 2.05) is 6.07 Å². The molecule has 15 heavy (non-hydrogen) atoms. The molecule has 1 atom stereocenters. The Bertz CT molecular complexity index is 339. The number of aliphatic hydroxyl groups is 1. The lowest BCUT2D eigenvalue weighted by molar-refractivity contribution is 0.182. The molecule has 1 unspecified atom stereocenters. The summed E-state index contributed by atoms with van der Waals surface area (Å²) in [7, 11) is 1.57. The van der Waals surface area contributed by atoms with Gasteiger partial charge in [0, 0.05) is 12.7 Å². The molecular weight excluding hydrogens is 194 g/mol. The molecule has 1 aromatic rings. The van der Waals surface area contributed by atoms with Crippen LogP contribution in [0.3, 0.4) is 0 Å². The first-order valence-electron chi connectivity index (χ1n) is 4.78. The van der Waals surface area contributed by atoms with Crippen LogP contribution in [0.15, 0.2) is 12.1 Å². The van der Waals surface area contributed by atoms with Gasteiger partial charge in [-0.1, -0.05) is 12.1 Å². The third-order valence-corrected chi connectivity index (χ3v) is 2.38. The van der Waals surface area contributed by atoms with Crippen LogP contribution < -0.4 is 5.73 Å². The average molecular weight is 211 g/mol. The number of ether oxygens (including phenoxy) is 1. The molecule has 0 saturated heterocycles. The molecule has 0 fully saturated rings. The Morgan fingerprint density at radius 2 is 2.13 bits per heavy atom. The molecule has 0 heterocycles. The molecule has 0 aliphatic carbocycles. The Kier molecular flexibility index (Phi) is 4.08. The monoisotopic (exact) mass is 211 g/mol. The normalized spacial score (nSPS) is 12.8. The number of hydrogen-bond acceptors (Lipinski definition) is 4. The summed E-state index contributed by atoms with van der Waals surface area (Å²) in [6, 6.07) is 3.08. The predicted molar refractivity (Wildman–Crippen MR) is 57.6 cm³/mol. The van der Waals surface area contributed by atoms with E-state index in [0.717, 1.165) is 11.1 Å². The van der Waals surface area contributed by atoms with Crippen LogP contribution in [0.5, 0.6) is 5.75 Å². The van der Waals surface area contributed by atoms with Gasteiger partial charge >= 0.3 is 0 Å². The minimum Gasteiger partial charge on any atom is -0.507 e. The highest BCUT2D eigenvalue weighted by molar-refractivity contribution is 5.46. The molecule has 84 valence electrons. The van der Waals surface area contributed by atoms with Crippen molar-refractivity contribution in [1.82, 2.24) is 0 Å². The van der Waals surface area contributed by atoms with E-state index < -0.39 is 6.04 Å². The van der Waals surface area contributed by atoms with Crippen LogP contribution in [-0.2, 0) is 11.3 Å². The Morgan fingerprint density at radius 1 is 1.47 bits per heavy atom. The van der Waals surface area contributed by atoms with Gasteiger partial charge in [-0.2, -0.15) is 0 Å². The second-order valence-electron chi connectivity index (χ2n) is 3.53. The van der Waals surface area contributed by atoms with Crippen molar-refractivity contribution in [3.63, 3.8) is 0 Å². The minimum absolute atomic E-state index is 0.145. The molecule has 4 nitrogen and oxygen atoms in total. The van der Waals surface area contributed by atoms with Gasteiger partial charge in [0.1, 0.15) is 5.75 Å². The van der Waals surface area contributed by atoms with Crippen molar-refractivity contribution < 1.29 is 14.9 Å². The van der Waals surface area contributed by atoms with Crippen LogP contribution in [-0.4, -0.2) is 23.9 Å². The van der Waals surface area contributed by atoms with E-state index in [-0.39, 0.29) is 12.4 Å². The van der Waals surface area contributed by atoms with Crippen LogP contribution in [0, 0.1) is 6.92 Å². The number of phenols is 1. The molecule has 4 heteroatoms. The number of aromatic hydroxyl groups is 1. The zero-order valence-corrected chi connectivity index (χ0v) is 9.03. The Morgan fingerprint density at radius 3 is 2.67 bits per heavy atom. The minimum atomic E-state index is -0.574. The summed E-state index contributed by atoms with van der Waals surface area (Å²) in [6.45, 7) is 1.96. The molecule has 0 saturated carbocycles. The fraction of sp³-hybridized carbons (Fsp3) is 0.455. The van der Waals surface area contributed by atoms with Crippen molar-refractivity contribution in [3.8, 4) is 5.75 Å². The van der Waals surface area contributed by atoms with Crippen LogP contribution >= 0.6 is 0 Å². The SMILES string of the molecule is COCc1ccc(C)c(O)c1C(N)CO. The molecule has 0 spiro atoms. The summed E-state index contributed by atoms with van der Waals surface area (Å²) in [5.41, 5.74) is 7.85. The van der Waals surface area contributed by atoms with Gasteiger partial charge in [-0.05, 0) is 18.1 Å². The highest BCUT2D eigenvalue weighted by atomic mass is 16.5.